The highest BCUT2D eigenvalue weighted by atomic mass is 32.1. The van der Waals surface area contributed by atoms with Crippen LogP contribution in [0.25, 0.3) is 0 Å². The lowest BCUT2D eigenvalue weighted by Gasteiger charge is -2.36. The zero-order chi connectivity index (χ0) is 11.9. The van der Waals surface area contributed by atoms with Crippen molar-refractivity contribution in [2.75, 3.05) is 18.8 Å². The van der Waals surface area contributed by atoms with E-state index in [2.05, 4.69) is 4.98 Å². The maximum Gasteiger partial charge on any atom is 0.310 e. The molecule has 0 atom stereocenters. The third kappa shape index (κ3) is 1.73. The highest BCUT2D eigenvalue weighted by molar-refractivity contribution is 7.17. The molecule has 1 aromatic heterocycles. The summed E-state index contributed by atoms with van der Waals surface area (Å²) in [6.07, 6.45) is 0. The first kappa shape index (κ1) is 10.9. The standard InChI is InChI=1S/C9H11N3O3S/c1-4-6(16-9(10)11-4)7(13)12-2-5(3-12)8(14)15/h5H,2-3H2,1H3,(H2,10,11)(H,14,15). The van der Waals surface area contributed by atoms with Gasteiger partial charge in [0.25, 0.3) is 5.91 Å². The maximum absolute atomic E-state index is 11.9. The van der Waals surface area contributed by atoms with Crippen LogP contribution in [0.4, 0.5) is 5.13 Å². The number of nitrogens with two attached hydrogens (primary N) is 1. The number of thiazole rings is 1. The van der Waals surface area contributed by atoms with Gasteiger partial charge in [0.2, 0.25) is 0 Å². The summed E-state index contributed by atoms with van der Waals surface area (Å²) in [4.78, 5) is 28.4. The molecule has 1 fully saturated rings. The van der Waals surface area contributed by atoms with Gasteiger partial charge in [0.15, 0.2) is 5.13 Å². The summed E-state index contributed by atoms with van der Waals surface area (Å²) in [5.41, 5.74) is 6.10. The van der Waals surface area contributed by atoms with Gasteiger partial charge < -0.3 is 15.7 Å². The fraction of sp³-hybridized carbons (Fsp3) is 0.444. The summed E-state index contributed by atoms with van der Waals surface area (Å²) in [5.74, 6) is -1.47. The zero-order valence-electron chi connectivity index (χ0n) is 8.64. The number of aromatic nitrogens is 1. The third-order valence-corrected chi connectivity index (χ3v) is 3.50. The van der Waals surface area contributed by atoms with Crippen LogP contribution in [0.2, 0.25) is 0 Å². The number of carboxylic acids is 1. The van der Waals surface area contributed by atoms with E-state index in [-0.39, 0.29) is 19.0 Å². The molecule has 1 aliphatic rings. The minimum Gasteiger partial charge on any atom is -0.481 e. The summed E-state index contributed by atoms with van der Waals surface area (Å²) < 4.78 is 0. The third-order valence-electron chi connectivity index (χ3n) is 2.53. The molecule has 2 heterocycles. The van der Waals surface area contributed by atoms with Crippen LogP contribution in [-0.4, -0.2) is 40.0 Å². The van der Waals surface area contributed by atoms with Gasteiger partial charge >= 0.3 is 5.97 Å². The molecular formula is C9H11N3O3S. The molecule has 86 valence electrons. The number of anilines is 1. The zero-order valence-corrected chi connectivity index (χ0v) is 9.45. The van der Waals surface area contributed by atoms with Crippen LogP contribution < -0.4 is 5.73 Å². The second kappa shape index (κ2) is 3.75. The first-order chi connectivity index (χ1) is 7.49. The number of carboxylic acid groups (broad SMARTS) is 1. The highest BCUT2D eigenvalue weighted by Crippen LogP contribution is 2.25. The van der Waals surface area contributed by atoms with Gasteiger partial charge in [0, 0.05) is 13.1 Å². The van der Waals surface area contributed by atoms with E-state index in [1.807, 2.05) is 0 Å². The van der Waals surface area contributed by atoms with Crippen molar-refractivity contribution < 1.29 is 14.7 Å². The van der Waals surface area contributed by atoms with E-state index >= 15 is 0 Å². The summed E-state index contributed by atoms with van der Waals surface area (Å²) >= 11 is 1.14. The number of likely N-dealkylation sites (tertiary alicyclic amines) is 1. The molecule has 0 aromatic carbocycles. The molecule has 0 unspecified atom stereocenters. The molecule has 1 saturated heterocycles. The first-order valence-corrected chi connectivity index (χ1v) is 5.55. The number of nitrogens with zero attached hydrogens (tertiary/aromatic N) is 2. The van der Waals surface area contributed by atoms with Gasteiger partial charge in [0.1, 0.15) is 4.88 Å². The number of carbonyl (C=O) groups excluding carboxylic acids is 1. The Kier molecular flexibility index (Phi) is 2.55. The largest absolute Gasteiger partial charge is 0.481 e. The fourth-order valence-corrected chi connectivity index (χ4v) is 2.36. The minimum atomic E-state index is -0.857. The summed E-state index contributed by atoms with van der Waals surface area (Å²) in [6, 6.07) is 0. The Morgan fingerprint density at radius 1 is 1.56 bits per heavy atom. The number of amides is 1. The van der Waals surface area contributed by atoms with E-state index < -0.39 is 11.9 Å². The van der Waals surface area contributed by atoms with Gasteiger partial charge in [0.05, 0.1) is 11.6 Å². The normalized spacial score (nSPS) is 15.9. The predicted octanol–water partition coefficient (Wildman–Crippen LogP) is 0.190. The lowest BCUT2D eigenvalue weighted by Crippen LogP contribution is -2.52. The monoisotopic (exact) mass is 241 g/mol. The molecule has 2 rings (SSSR count). The van der Waals surface area contributed by atoms with E-state index in [0.717, 1.165) is 11.3 Å². The Morgan fingerprint density at radius 3 is 2.62 bits per heavy atom. The lowest BCUT2D eigenvalue weighted by molar-refractivity contribution is -0.146. The lowest BCUT2D eigenvalue weighted by atomic mass is 10.0. The van der Waals surface area contributed by atoms with Crippen molar-refractivity contribution in [3.8, 4) is 0 Å². The second-order valence-electron chi connectivity index (χ2n) is 3.71. The van der Waals surface area contributed by atoms with Crippen LogP contribution in [0.3, 0.4) is 0 Å². The maximum atomic E-state index is 11.9. The van der Waals surface area contributed by atoms with E-state index in [4.69, 9.17) is 10.8 Å². The number of hydrogen-bond acceptors (Lipinski definition) is 5. The van der Waals surface area contributed by atoms with Crippen molar-refractivity contribution in [2.24, 2.45) is 5.92 Å². The second-order valence-corrected chi connectivity index (χ2v) is 4.74. The molecule has 1 aliphatic heterocycles. The highest BCUT2D eigenvalue weighted by Gasteiger charge is 2.37. The number of aliphatic carboxylic acids is 1. The van der Waals surface area contributed by atoms with Gasteiger partial charge in [-0.1, -0.05) is 11.3 Å². The Labute approximate surface area is 95.7 Å². The number of nitrogen functional groups attached to an aromatic ring is 1. The Morgan fingerprint density at radius 2 is 2.19 bits per heavy atom. The van der Waals surface area contributed by atoms with Crippen molar-refractivity contribution in [1.82, 2.24) is 9.88 Å². The van der Waals surface area contributed by atoms with E-state index in [1.54, 1.807) is 6.92 Å². The summed E-state index contributed by atoms with van der Waals surface area (Å²) in [6.45, 7) is 2.26. The van der Waals surface area contributed by atoms with Crippen LogP contribution in [0, 0.1) is 12.8 Å². The first-order valence-electron chi connectivity index (χ1n) is 4.74. The topological polar surface area (TPSA) is 96.5 Å². The van der Waals surface area contributed by atoms with Crippen molar-refractivity contribution in [1.29, 1.82) is 0 Å². The fourth-order valence-electron chi connectivity index (χ4n) is 1.56. The molecule has 0 saturated carbocycles. The molecule has 3 N–H and O–H groups in total. The number of hydrogen-bond donors (Lipinski definition) is 2. The van der Waals surface area contributed by atoms with Gasteiger partial charge in [-0.05, 0) is 6.92 Å². The molecular weight excluding hydrogens is 230 g/mol. The molecule has 1 aromatic rings. The van der Waals surface area contributed by atoms with Crippen LogP contribution in [0.15, 0.2) is 0 Å². The van der Waals surface area contributed by atoms with E-state index in [0.29, 0.717) is 15.7 Å². The molecule has 0 bridgehead atoms. The van der Waals surface area contributed by atoms with E-state index in [1.165, 1.54) is 4.90 Å². The molecule has 16 heavy (non-hydrogen) atoms. The molecule has 6 nitrogen and oxygen atoms in total. The van der Waals surface area contributed by atoms with Gasteiger partial charge in [-0.2, -0.15) is 0 Å². The quantitative estimate of drug-likeness (QED) is 0.770. The van der Waals surface area contributed by atoms with Crippen molar-refractivity contribution in [3.05, 3.63) is 10.6 Å². The SMILES string of the molecule is Cc1nc(N)sc1C(=O)N1CC(C(=O)O)C1. The molecule has 7 heteroatoms. The number of carbonyl (C=O) groups is 2. The molecule has 1 amide bonds. The smallest absolute Gasteiger partial charge is 0.310 e. The molecule has 0 spiro atoms. The van der Waals surface area contributed by atoms with E-state index in [9.17, 15) is 9.59 Å². The van der Waals surface area contributed by atoms with Gasteiger partial charge in [-0.3, -0.25) is 9.59 Å². The van der Waals surface area contributed by atoms with Gasteiger partial charge in [-0.25, -0.2) is 4.98 Å². The van der Waals surface area contributed by atoms with Crippen LogP contribution >= 0.6 is 11.3 Å². The molecule has 0 aliphatic carbocycles. The average molecular weight is 241 g/mol. The minimum absolute atomic E-state index is 0.177. The van der Waals surface area contributed by atoms with Crippen LogP contribution in [-0.2, 0) is 4.79 Å². The number of aryl methyl sites for hydroxylation is 1. The number of rotatable bonds is 2. The van der Waals surface area contributed by atoms with Crippen LogP contribution in [0.5, 0.6) is 0 Å². The van der Waals surface area contributed by atoms with Gasteiger partial charge in [-0.15, -0.1) is 0 Å². The summed E-state index contributed by atoms with van der Waals surface area (Å²) in [5, 5.41) is 9.05. The average Bonchev–Trinajstić information content (AvgIpc) is 2.41. The van der Waals surface area contributed by atoms with Crippen LogP contribution in [0.1, 0.15) is 15.4 Å². The van der Waals surface area contributed by atoms with Crippen molar-refractivity contribution >= 4 is 28.3 Å². The molecule has 0 radical (unpaired) electrons. The Hall–Kier alpha value is -1.63. The Bertz CT molecular complexity index is 451. The summed E-state index contributed by atoms with van der Waals surface area (Å²) in [7, 11) is 0. The Balaban J connectivity index is 2.05. The predicted molar refractivity (Wildman–Crippen MR) is 58.3 cm³/mol. The van der Waals surface area contributed by atoms with Crippen molar-refractivity contribution in [2.45, 2.75) is 6.92 Å². The van der Waals surface area contributed by atoms with Crippen molar-refractivity contribution in [3.63, 3.8) is 0 Å².